The van der Waals surface area contributed by atoms with Crippen LogP contribution in [0.1, 0.15) is 5.76 Å². The summed E-state index contributed by atoms with van der Waals surface area (Å²) < 4.78 is 5.71. The second-order valence-corrected chi connectivity index (χ2v) is 2.76. The first kappa shape index (κ1) is 6.77. The van der Waals surface area contributed by atoms with Crippen LogP contribution in [0, 0.1) is 0 Å². The van der Waals surface area contributed by atoms with Crippen molar-refractivity contribution in [1.29, 1.82) is 0 Å². The van der Waals surface area contributed by atoms with Gasteiger partial charge in [0.25, 0.3) is 0 Å². The monoisotopic (exact) mass is 205 g/mol. The molecule has 0 bridgehead atoms. The van der Waals surface area contributed by atoms with E-state index in [0.29, 0.717) is 5.76 Å². The van der Waals surface area contributed by atoms with E-state index < -0.39 is 0 Å². The van der Waals surface area contributed by atoms with E-state index >= 15 is 0 Å². The molecule has 0 atom stereocenters. The molecule has 0 saturated carbocycles. The standard InChI is InChI=1S/C5H4BrNOS/c6-3-1-2-8-4(3)5(7)9/h1-2H,(H2,7,9). The Morgan fingerprint density at radius 3 is 2.67 bits per heavy atom. The summed E-state index contributed by atoms with van der Waals surface area (Å²) in [6, 6.07) is 1.74. The number of furan rings is 1. The normalized spacial score (nSPS) is 9.44. The van der Waals surface area contributed by atoms with Crippen LogP contribution in [0.25, 0.3) is 0 Å². The highest BCUT2D eigenvalue weighted by Crippen LogP contribution is 2.16. The average Bonchev–Trinajstić information content (AvgIpc) is 2.13. The first-order valence-electron chi connectivity index (χ1n) is 2.24. The fraction of sp³-hybridized carbons (Fsp3) is 0. The molecule has 0 spiro atoms. The summed E-state index contributed by atoms with van der Waals surface area (Å²) in [4.78, 5) is 0.270. The van der Waals surface area contributed by atoms with Gasteiger partial charge in [-0.05, 0) is 22.0 Å². The zero-order valence-electron chi connectivity index (χ0n) is 4.43. The predicted molar refractivity (Wildman–Crippen MR) is 42.3 cm³/mol. The van der Waals surface area contributed by atoms with Crippen LogP contribution in [0.5, 0.6) is 0 Å². The Balaban J connectivity index is 3.08. The Bertz CT molecular complexity index is 233. The first-order chi connectivity index (χ1) is 4.22. The van der Waals surface area contributed by atoms with Crippen LogP contribution in [-0.2, 0) is 0 Å². The van der Waals surface area contributed by atoms with Crippen LogP contribution >= 0.6 is 28.1 Å². The number of rotatable bonds is 1. The maximum atomic E-state index is 5.27. The fourth-order valence-corrected chi connectivity index (χ4v) is 1.17. The number of halogens is 1. The van der Waals surface area contributed by atoms with Crippen LogP contribution in [0.15, 0.2) is 21.2 Å². The van der Waals surface area contributed by atoms with E-state index in [1.165, 1.54) is 6.26 Å². The Morgan fingerprint density at radius 1 is 1.78 bits per heavy atom. The van der Waals surface area contributed by atoms with E-state index in [1.54, 1.807) is 6.07 Å². The molecule has 0 aliphatic rings. The summed E-state index contributed by atoms with van der Waals surface area (Å²) in [6.45, 7) is 0. The minimum absolute atomic E-state index is 0.270. The van der Waals surface area contributed by atoms with Gasteiger partial charge in [0.05, 0.1) is 10.7 Å². The van der Waals surface area contributed by atoms with Crippen molar-refractivity contribution in [3.05, 3.63) is 22.6 Å². The molecular formula is C5H4BrNOS. The highest BCUT2D eigenvalue weighted by molar-refractivity contribution is 9.10. The van der Waals surface area contributed by atoms with Gasteiger partial charge in [-0.15, -0.1) is 0 Å². The van der Waals surface area contributed by atoms with E-state index in [-0.39, 0.29) is 4.99 Å². The van der Waals surface area contributed by atoms with E-state index in [9.17, 15) is 0 Å². The Labute approximate surface area is 66.2 Å². The molecule has 4 heteroatoms. The molecule has 2 nitrogen and oxygen atoms in total. The number of thiocarbonyl (C=S) groups is 1. The molecule has 1 heterocycles. The SMILES string of the molecule is NC(=S)c1occc1Br. The lowest BCUT2D eigenvalue weighted by atomic mass is 10.5. The fourth-order valence-electron chi connectivity index (χ4n) is 0.470. The molecule has 0 aliphatic carbocycles. The molecule has 0 aliphatic heterocycles. The summed E-state index contributed by atoms with van der Waals surface area (Å²) in [6.07, 6.45) is 1.53. The van der Waals surface area contributed by atoms with Gasteiger partial charge in [-0.25, -0.2) is 0 Å². The molecular weight excluding hydrogens is 202 g/mol. The van der Waals surface area contributed by atoms with Crippen LogP contribution in [0.3, 0.4) is 0 Å². The molecule has 1 aromatic rings. The average molecular weight is 206 g/mol. The van der Waals surface area contributed by atoms with Crippen molar-refractivity contribution in [2.75, 3.05) is 0 Å². The van der Waals surface area contributed by atoms with Gasteiger partial charge >= 0.3 is 0 Å². The van der Waals surface area contributed by atoms with Crippen molar-refractivity contribution in [1.82, 2.24) is 0 Å². The maximum Gasteiger partial charge on any atom is 0.174 e. The van der Waals surface area contributed by atoms with Crippen LogP contribution < -0.4 is 5.73 Å². The Morgan fingerprint density at radius 2 is 2.44 bits per heavy atom. The molecule has 0 unspecified atom stereocenters. The lowest BCUT2D eigenvalue weighted by Crippen LogP contribution is -2.08. The topological polar surface area (TPSA) is 39.2 Å². The van der Waals surface area contributed by atoms with Crippen molar-refractivity contribution in [3.63, 3.8) is 0 Å². The molecule has 0 radical (unpaired) electrons. The largest absolute Gasteiger partial charge is 0.461 e. The Hall–Kier alpha value is -0.350. The van der Waals surface area contributed by atoms with Crippen molar-refractivity contribution in [2.45, 2.75) is 0 Å². The van der Waals surface area contributed by atoms with Crippen molar-refractivity contribution in [3.8, 4) is 0 Å². The van der Waals surface area contributed by atoms with E-state index in [1.807, 2.05) is 0 Å². The highest BCUT2D eigenvalue weighted by Gasteiger charge is 2.03. The summed E-state index contributed by atoms with van der Waals surface area (Å²) >= 11 is 7.86. The number of nitrogens with two attached hydrogens (primary N) is 1. The maximum absolute atomic E-state index is 5.27. The summed E-state index contributed by atoms with van der Waals surface area (Å²) in [5, 5.41) is 0. The lowest BCUT2D eigenvalue weighted by molar-refractivity contribution is 0.557. The number of hydrogen-bond acceptors (Lipinski definition) is 2. The second-order valence-electron chi connectivity index (χ2n) is 1.46. The summed E-state index contributed by atoms with van der Waals surface area (Å²) in [5.41, 5.74) is 5.27. The zero-order chi connectivity index (χ0) is 6.85. The molecule has 0 amide bonds. The van der Waals surface area contributed by atoms with Crippen LogP contribution in [0.4, 0.5) is 0 Å². The molecule has 1 aromatic heterocycles. The molecule has 1 rings (SSSR count). The van der Waals surface area contributed by atoms with Crippen LogP contribution in [0.2, 0.25) is 0 Å². The zero-order valence-corrected chi connectivity index (χ0v) is 6.83. The molecule has 0 aromatic carbocycles. The van der Waals surface area contributed by atoms with Crippen molar-refractivity contribution >= 4 is 33.1 Å². The smallest absolute Gasteiger partial charge is 0.174 e. The summed E-state index contributed by atoms with van der Waals surface area (Å²) in [7, 11) is 0. The van der Waals surface area contributed by atoms with Crippen molar-refractivity contribution in [2.24, 2.45) is 5.73 Å². The molecule has 48 valence electrons. The molecule has 9 heavy (non-hydrogen) atoms. The Kier molecular flexibility index (Phi) is 1.87. The molecule has 0 saturated heterocycles. The highest BCUT2D eigenvalue weighted by atomic mass is 79.9. The lowest BCUT2D eigenvalue weighted by Gasteiger charge is -1.88. The quantitative estimate of drug-likeness (QED) is 0.710. The van der Waals surface area contributed by atoms with Crippen LogP contribution in [-0.4, -0.2) is 4.99 Å². The second kappa shape index (κ2) is 2.49. The number of hydrogen-bond donors (Lipinski definition) is 1. The van der Waals surface area contributed by atoms with E-state index in [0.717, 1.165) is 4.47 Å². The predicted octanol–water partition coefficient (Wildman–Crippen LogP) is 1.68. The van der Waals surface area contributed by atoms with E-state index in [4.69, 9.17) is 10.2 Å². The van der Waals surface area contributed by atoms with Crippen molar-refractivity contribution < 1.29 is 4.42 Å². The summed E-state index contributed by atoms with van der Waals surface area (Å²) in [5.74, 6) is 0.532. The van der Waals surface area contributed by atoms with Gasteiger partial charge in [0.15, 0.2) is 5.76 Å². The third-order valence-electron chi connectivity index (χ3n) is 0.841. The van der Waals surface area contributed by atoms with Gasteiger partial charge < -0.3 is 10.2 Å². The third kappa shape index (κ3) is 1.31. The van der Waals surface area contributed by atoms with Gasteiger partial charge in [0, 0.05) is 0 Å². The van der Waals surface area contributed by atoms with Gasteiger partial charge in [0.1, 0.15) is 4.99 Å². The van der Waals surface area contributed by atoms with Gasteiger partial charge in [-0.3, -0.25) is 0 Å². The molecule has 2 N–H and O–H groups in total. The third-order valence-corrected chi connectivity index (χ3v) is 1.65. The molecule has 0 fully saturated rings. The van der Waals surface area contributed by atoms with Gasteiger partial charge in [-0.1, -0.05) is 12.2 Å². The minimum atomic E-state index is 0.270. The first-order valence-corrected chi connectivity index (χ1v) is 3.44. The van der Waals surface area contributed by atoms with Gasteiger partial charge in [0.2, 0.25) is 0 Å². The van der Waals surface area contributed by atoms with E-state index in [2.05, 4.69) is 28.1 Å². The van der Waals surface area contributed by atoms with Gasteiger partial charge in [-0.2, -0.15) is 0 Å². The minimum Gasteiger partial charge on any atom is -0.461 e.